The van der Waals surface area contributed by atoms with Gasteiger partial charge in [0.2, 0.25) is 0 Å². The van der Waals surface area contributed by atoms with Gasteiger partial charge in [0, 0.05) is 12.2 Å². The molecule has 0 spiro atoms. The molecular formula is C13H21N3O. The highest BCUT2D eigenvalue weighted by Crippen LogP contribution is 2.32. The average molecular weight is 235 g/mol. The summed E-state index contributed by atoms with van der Waals surface area (Å²) in [4.78, 5) is 4.52. The van der Waals surface area contributed by atoms with Crippen LogP contribution < -0.4 is 5.32 Å². The minimum atomic E-state index is -0.614. The zero-order chi connectivity index (χ0) is 11.9. The fourth-order valence-corrected chi connectivity index (χ4v) is 3.13. The molecule has 1 aromatic rings. The van der Waals surface area contributed by atoms with Crippen molar-refractivity contribution in [2.45, 2.75) is 50.7 Å². The van der Waals surface area contributed by atoms with Gasteiger partial charge in [0.05, 0.1) is 23.7 Å². The van der Waals surface area contributed by atoms with Gasteiger partial charge in [-0.25, -0.2) is 4.98 Å². The number of hydrogen-bond acceptors (Lipinski definition) is 3. The van der Waals surface area contributed by atoms with E-state index in [1.54, 1.807) is 0 Å². The van der Waals surface area contributed by atoms with Gasteiger partial charge in [0.1, 0.15) is 0 Å². The van der Waals surface area contributed by atoms with Crippen LogP contribution in [0.15, 0.2) is 6.33 Å². The monoisotopic (exact) mass is 235 g/mol. The normalized spacial score (nSPS) is 33.4. The van der Waals surface area contributed by atoms with Gasteiger partial charge in [0.25, 0.3) is 0 Å². The van der Waals surface area contributed by atoms with Gasteiger partial charge >= 0.3 is 0 Å². The fraction of sp³-hybridized carbons (Fsp3) is 0.769. The number of hydrogen-bond donors (Lipinski definition) is 2. The maximum Gasteiger partial charge on any atom is 0.0955 e. The van der Waals surface area contributed by atoms with E-state index in [1.165, 1.54) is 24.2 Å². The van der Waals surface area contributed by atoms with Crippen molar-refractivity contribution in [3.8, 4) is 0 Å². The number of fused-ring (bicyclic) bond motifs is 1. The van der Waals surface area contributed by atoms with Gasteiger partial charge in [0.15, 0.2) is 0 Å². The van der Waals surface area contributed by atoms with Crippen molar-refractivity contribution < 1.29 is 5.11 Å². The number of piperidine rings is 1. The zero-order valence-corrected chi connectivity index (χ0v) is 10.4. The Morgan fingerprint density at radius 2 is 2.29 bits per heavy atom. The van der Waals surface area contributed by atoms with Gasteiger partial charge in [-0.15, -0.1) is 0 Å². The Balaban J connectivity index is 1.95. The largest absolute Gasteiger partial charge is 0.388 e. The van der Waals surface area contributed by atoms with Crippen molar-refractivity contribution in [1.82, 2.24) is 14.9 Å². The van der Waals surface area contributed by atoms with Crippen LogP contribution in [0.1, 0.15) is 43.6 Å². The molecule has 0 aromatic carbocycles. The van der Waals surface area contributed by atoms with E-state index < -0.39 is 5.60 Å². The molecule has 1 saturated heterocycles. The Bertz CT molecular complexity index is 411. The minimum Gasteiger partial charge on any atom is -0.388 e. The summed E-state index contributed by atoms with van der Waals surface area (Å²) in [5.41, 5.74) is 1.99. The number of aryl methyl sites for hydroxylation is 1. The Morgan fingerprint density at radius 3 is 3.12 bits per heavy atom. The van der Waals surface area contributed by atoms with E-state index in [2.05, 4.69) is 14.9 Å². The molecule has 2 aliphatic rings. The van der Waals surface area contributed by atoms with E-state index in [0.717, 1.165) is 32.4 Å². The number of aromatic nitrogens is 2. The van der Waals surface area contributed by atoms with Gasteiger partial charge < -0.3 is 15.0 Å². The lowest BCUT2D eigenvalue weighted by atomic mass is 9.88. The lowest BCUT2D eigenvalue weighted by molar-refractivity contribution is -0.0181. The Hall–Kier alpha value is -0.870. The predicted octanol–water partition coefficient (Wildman–Crippen LogP) is 1.05. The van der Waals surface area contributed by atoms with Crippen molar-refractivity contribution in [3.05, 3.63) is 17.7 Å². The molecule has 17 heavy (non-hydrogen) atoms. The van der Waals surface area contributed by atoms with Crippen LogP contribution in [0.2, 0.25) is 0 Å². The van der Waals surface area contributed by atoms with Crippen LogP contribution in [0.25, 0.3) is 0 Å². The summed E-state index contributed by atoms with van der Waals surface area (Å²) in [5.74, 6) is 0. The second kappa shape index (κ2) is 4.10. The van der Waals surface area contributed by atoms with Crippen LogP contribution in [0.4, 0.5) is 0 Å². The van der Waals surface area contributed by atoms with E-state index in [-0.39, 0.29) is 6.04 Å². The molecule has 1 aromatic heterocycles. The fourth-order valence-electron chi connectivity index (χ4n) is 3.13. The van der Waals surface area contributed by atoms with Crippen LogP contribution in [0.5, 0.6) is 0 Å². The molecule has 1 aliphatic carbocycles. The summed E-state index contributed by atoms with van der Waals surface area (Å²) >= 11 is 0. The molecule has 1 aliphatic heterocycles. The molecule has 2 heterocycles. The van der Waals surface area contributed by atoms with Crippen molar-refractivity contribution in [1.29, 1.82) is 0 Å². The predicted molar refractivity (Wildman–Crippen MR) is 66.0 cm³/mol. The van der Waals surface area contributed by atoms with Crippen LogP contribution in [-0.4, -0.2) is 33.3 Å². The van der Waals surface area contributed by atoms with Gasteiger partial charge in [-0.3, -0.25) is 0 Å². The summed E-state index contributed by atoms with van der Waals surface area (Å²) in [5, 5.41) is 13.9. The average Bonchev–Trinajstić information content (AvgIpc) is 2.72. The third-order valence-corrected chi connectivity index (χ3v) is 4.26. The maximum absolute atomic E-state index is 10.5. The van der Waals surface area contributed by atoms with E-state index in [1.807, 2.05) is 13.3 Å². The molecule has 2 N–H and O–H groups in total. The zero-order valence-electron chi connectivity index (χ0n) is 10.4. The Kier molecular flexibility index (Phi) is 2.71. The second-order valence-corrected chi connectivity index (χ2v) is 5.58. The van der Waals surface area contributed by atoms with Crippen LogP contribution >= 0.6 is 0 Å². The van der Waals surface area contributed by atoms with E-state index in [4.69, 9.17) is 0 Å². The molecule has 94 valence electrons. The standard InChI is InChI=1S/C13H21N3O/c1-13(17)6-7-14-8-12(13)16-9-15-10-4-2-3-5-11(10)16/h9,12,14,17H,2-8H2,1H3. The summed E-state index contributed by atoms with van der Waals surface area (Å²) in [6, 6.07) is 0.130. The van der Waals surface area contributed by atoms with Crippen molar-refractivity contribution in [2.75, 3.05) is 13.1 Å². The molecule has 3 rings (SSSR count). The topological polar surface area (TPSA) is 50.1 Å². The quantitative estimate of drug-likeness (QED) is 0.765. The number of aliphatic hydroxyl groups is 1. The van der Waals surface area contributed by atoms with Crippen LogP contribution in [0, 0.1) is 0 Å². The number of nitrogens with zero attached hydrogens (tertiary/aromatic N) is 2. The first kappa shape index (κ1) is 11.2. The first-order valence-corrected chi connectivity index (χ1v) is 6.66. The number of nitrogens with one attached hydrogen (secondary N) is 1. The molecule has 2 unspecified atom stereocenters. The van der Waals surface area contributed by atoms with E-state index in [9.17, 15) is 5.11 Å². The number of imidazole rings is 1. The molecule has 0 amide bonds. The molecule has 2 atom stereocenters. The summed E-state index contributed by atoms with van der Waals surface area (Å²) in [7, 11) is 0. The summed E-state index contributed by atoms with van der Waals surface area (Å²) in [6.07, 6.45) is 7.46. The SMILES string of the molecule is CC1(O)CCNCC1n1cnc2c1CCCC2. The summed E-state index contributed by atoms with van der Waals surface area (Å²) < 4.78 is 2.22. The molecule has 4 nitrogen and oxygen atoms in total. The van der Waals surface area contributed by atoms with Crippen molar-refractivity contribution in [2.24, 2.45) is 0 Å². The van der Waals surface area contributed by atoms with Crippen molar-refractivity contribution >= 4 is 0 Å². The molecule has 0 saturated carbocycles. The molecule has 0 bridgehead atoms. The molecule has 1 fully saturated rings. The number of rotatable bonds is 1. The molecule has 0 radical (unpaired) electrons. The third-order valence-electron chi connectivity index (χ3n) is 4.26. The highest BCUT2D eigenvalue weighted by molar-refractivity contribution is 5.18. The first-order chi connectivity index (χ1) is 8.18. The third kappa shape index (κ3) is 1.89. The van der Waals surface area contributed by atoms with Gasteiger partial charge in [-0.1, -0.05) is 0 Å². The lowest BCUT2D eigenvalue weighted by Crippen LogP contribution is -2.49. The Morgan fingerprint density at radius 1 is 1.47 bits per heavy atom. The molecular weight excluding hydrogens is 214 g/mol. The second-order valence-electron chi connectivity index (χ2n) is 5.58. The van der Waals surface area contributed by atoms with Crippen LogP contribution in [-0.2, 0) is 12.8 Å². The molecule has 4 heteroatoms. The Labute approximate surface area is 102 Å². The van der Waals surface area contributed by atoms with Crippen molar-refractivity contribution in [3.63, 3.8) is 0 Å². The van der Waals surface area contributed by atoms with E-state index >= 15 is 0 Å². The van der Waals surface area contributed by atoms with Gasteiger partial charge in [-0.2, -0.15) is 0 Å². The highest BCUT2D eigenvalue weighted by Gasteiger charge is 2.37. The smallest absolute Gasteiger partial charge is 0.0955 e. The summed E-state index contributed by atoms with van der Waals surface area (Å²) in [6.45, 7) is 3.70. The van der Waals surface area contributed by atoms with E-state index in [0.29, 0.717) is 0 Å². The maximum atomic E-state index is 10.5. The minimum absolute atomic E-state index is 0.130. The lowest BCUT2D eigenvalue weighted by Gasteiger charge is -2.39. The van der Waals surface area contributed by atoms with Gasteiger partial charge in [-0.05, 0) is 45.6 Å². The van der Waals surface area contributed by atoms with Crippen LogP contribution in [0.3, 0.4) is 0 Å². The highest BCUT2D eigenvalue weighted by atomic mass is 16.3. The first-order valence-electron chi connectivity index (χ1n) is 6.66.